The van der Waals surface area contributed by atoms with Crippen molar-refractivity contribution in [1.29, 1.82) is 0 Å². The molecule has 0 atom stereocenters. The first-order chi connectivity index (χ1) is 14.1. The van der Waals surface area contributed by atoms with Crippen LogP contribution in [0.2, 0.25) is 0 Å². The first-order valence-corrected chi connectivity index (χ1v) is 11.0. The molecule has 0 radical (unpaired) electrons. The maximum atomic E-state index is 12.8. The Morgan fingerprint density at radius 1 is 1.10 bits per heavy atom. The van der Waals surface area contributed by atoms with Crippen LogP contribution in [0.1, 0.15) is 5.56 Å². The number of rotatable bonds is 6. The van der Waals surface area contributed by atoms with E-state index in [1.54, 1.807) is 7.05 Å². The molecule has 0 fully saturated rings. The third kappa shape index (κ3) is 4.26. The lowest BCUT2D eigenvalue weighted by Crippen LogP contribution is -2.25. The fourth-order valence-corrected chi connectivity index (χ4v) is 4.74. The second-order valence-electron chi connectivity index (χ2n) is 6.50. The summed E-state index contributed by atoms with van der Waals surface area (Å²) in [6.45, 7) is 0.480. The molecule has 1 N–H and O–H groups in total. The van der Waals surface area contributed by atoms with Gasteiger partial charge >= 0.3 is 0 Å². The summed E-state index contributed by atoms with van der Waals surface area (Å²) in [6, 6.07) is 19.7. The average Bonchev–Trinajstić information content (AvgIpc) is 3.19. The number of thioether (sulfide) groups is 1. The van der Waals surface area contributed by atoms with Crippen LogP contribution in [0.5, 0.6) is 0 Å². The van der Waals surface area contributed by atoms with Gasteiger partial charge in [0.15, 0.2) is 5.16 Å². The van der Waals surface area contributed by atoms with Crippen LogP contribution in [0.25, 0.3) is 21.3 Å². The van der Waals surface area contributed by atoms with Crippen LogP contribution in [0.3, 0.4) is 0 Å². The number of nitrogens with one attached hydrogen (secondary N) is 1. The van der Waals surface area contributed by atoms with Crippen LogP contribution in [0, 0.1) is 0 Å². The molecule has 0 spiro atoms. The Morgan fingerprint density at radius 2 is 1.79 bits per heavy atom. The molecule has 0 saturated heterocycles. The molecular formula is C22H19N3O2S2. The van der Waals surface area contributed by atoms with E-state index in [-0.39, 0.29) is 17.2 Å². The first-order valence-electron chi connectivity index (χ1n) is 9.10. The molecule has 2 aromatic carbocycles. The number of carbonyl (C=O) groups is 1. The van der Waals surface area contributed by atoms with Crippen molar-refractivity contribution in [1.82, 2.24) is 14.9 Å². The average molecular weight is 422 g/mol. The molecule has 4 aromatic rings. The van der Waals surface area contributed by atoms with E-state index in [0.717, 1.165) is 16.7 Å². The van der Waals surface area contributed by atoms with E-state index in [2.05, 4.69) is 5.32 Å². The molecule has 2 aromatic heterocycles. The van der Waals surface area contributed by atoms with E-state index in [0.29, 0.717) is 21.9 Å². The molecule has 7 heteroatoms. The Kier molecular flexibility index (Phi) is 5.78. The number of hydrogen-bond donors (Lipinski definition) is 1. The second-order valence-corrected chi connectivity index (χ2v) is 8.32. The number of hydrogen-bond acceptors (Lipinski definition) is 5. The molecule has 2 heterocycles. The van der Waals surface area contributed by atoms with Crippen LogP contribution in [0.4, 0.5) is 0 Å². The highest BCUT2D eigenvalue weighted by Crippen LogP contribution is 2.32. The minimum atomic E-state index is -0.0956. The molecular weight excluding hydrogens is 402 g/mol. The van der Waals surface area contributed by atoms with Crippen molar-refractivity contribution in [3.05, 3.63) is 82.0 Å². The van der Waals surface area contributed by atoms with Crippen molar-refractivity contribution in [3.63, 3.8) is 0 Å². The Balaban J connectivity index is 1.53. The summed E-state index contributed by atoms with van der Waals surface area (Å²) in [5, 5.41) is 5.40. The van der Waals surface area contributed by atoms with Gasteiger partial charge in [-0.1, -0.05) is 72.4 Å². The molecule has 4 rings (SSSR count). The third-order valence-electron chi connectivity index (χ3n) is 4.51. The number of benzene rings is 2. The lowest BCUT2D eigenvalue weighted by Gasteiger charge is -2.09. The standard InChI is InChI=1S/C22H19N3O2S2/c1-25-21(27)20-19(17(13-28-20)16-10-6-3-7-11-16)24-22(25)29-14-18(26)23-12-15-8-4-2-5-9-15/h2-11,13H,12,14H2,1H3,(H,23,26). The van der Waals surface area contributed by atoms with Crippen LogP contribution >= 0.6 is 23.1 Å². The maximum absolute atomic E-state index is 12.8. The smallest absolute Gasteiger partial charge is 0.271 e. The van der Waals surface area contributed by atoms with Gasteiger partial charge in [-0.05, 0) is 11.1 Å². The summed E-state index contributed by atoms with van der Waals surface area (Å²) in [4.78, 5) is 29.7. The summed E-state index contributed by atoms with van der Waals surface area (Å²) in [5.74, 6) is 0.102. The van der Waals surface area contributed by atoms with E-state index in [9.17, 15) is 9.59 Å². The number of fused-ring (bicyclic) bond motifs is 1. The second kappa shape index (κ2) is 8.63. The van der Waals surface area contributed by atoms with Gasteiger partial charge in [0, 0.05) is 24.5 Å². The van der Waals surface area contributed by atoms with Crippen molar-refractivity contribution in [2.45, 2.75) is 11.7 Å². The van der Waals surface area contributed by atoms with Crippen molar-refractivity contribution in [2.75, 3.05) is 5.75 Å². The van der Waals surface area contributed by atoms with Gasteiger partial charge in [-0.2, -0.15) is 0 Å². The minimum Gasteiger partial charge on any atom is -0.351 e. The van der Waals surface area contributed by atoms with Gasteiger partial charge in [0.2, 0.25) is 5.91 Å². The van der Waals surface area contributed by atoms with Crippen LogP contribution in [-0.2, 0) is 18.4 Å². The molecule has 0 aliphatic heterocycles. The lowest BCUT2D eigenvalue weighted by atomic mass is 10.1. The Labute approximate surface area is 176 Å². The van der Waals surface area contributed by atoms with Gasteiger partial charge in [-0.3, -0.25) is 14.2 Å². The van der Waals surface area contributed by atoms with Crippen LogP contribution in [-0.4, -0.2) is 21.2 Å². The van der Waals surface area contributed by atoms with E-state index in [1.807, 2.05) is 66.0 Å². The molecule has 5 nitrogen and oxygen atoms in total. The van der Waals surface area contributed by atoms with E-state index >= 15 is 0 Å². The molecule has 0 aliphatic carbocycles. The summed E-state index contributed by atoms with van der Waals surface area (Å²) in [6.07, 6.45) is 0. The van der Waals surface area contributed by atoms with Crippen LogP contribution in [0.15, 0.2) is 76.0 Å². The molecule has 146 valence electrons. The Bertz CT molecular complexity index is 1200. The SMILES string of the molecule is Cn1c(SCC(=O)NCc2ccccc2)nc2c(-c3ccccc3)csc2c1=O. The number of carbonyl (C=O) groups excluding carboxylic acids is 1. The normalized spacial score (nSPS) is 10.9. The maximum Gasteiger partial charge on any atom is 0.271 e. The van der Waals surface area contributed by atoms with Gasteiger partial charge in [-0.25, -0.2) is 4.98 Å². The zero-order valence-electron chi connectivity index (χ0n) is 15.8. The monoisotopic (exact) mass is 421 g/mol. The number of thiophene rings is 1. The molecule has 0 bridgehead atoms. The predicted molar refractivity (Wildman–Crippen MR) is 119 cm³/mol. The summed E-state index contributed by atoms with van der Waals surface area (Å²) >= 11 is 2.68. The van der Waals surface area contributed by atoms with E-state index < -0.39 is 0 Å². The predicted octanol–water partition coefficient (Wildman–Crippen LogP) is 4.07. The summed E-state index contributed by atoms with van der Waals surface area (Å²) in [7, 11) is 1.70. The van der Waals surface area contributed by atoms with Gasteiger partial charge in [0.1, 0.15) is 4.70 Å². The highest BCUT2D eigenvalue weighted by atomic mass is 32.2. The Hall–Kier alpha value is -2.90. The molecule has 29 heavy (non-hydrogen) atoms. The largest absolute Gasteiger partial charge is 0.351 e. The first kappa shape index (κ1) is 19.4. The fraction of sp³-hybridized carbons (Fsp3) is 0.136. The van der Waals surface area contributed by atoms with Gasteiger partial charge in [0.25, 0.3) is 5.56 Å². The molecule has 0 saturated carbocycles. The van der Waals surface area contributed by atoms with Gasteiger partial charge in [-0.15, -0.1) is 11.3 Å². The number of amides is 1. The number of nitrogens with zero attached hydrogens (tertiary/aromatic N) is 2. The third-order valence-corrected chi connectivity index (χ3v) is 6.49. The topological polar surface area (TPSA) is 64.0 Å². The zero-order chi connectivity index (χ0) is 20.2. The van der Waals surface area contributed by atoms with Gasteiger partial charge < -0.3 is 5.32 Å². The van der Waals surface area contributed by atoms with E-state index in [1.165, 1.54) is 27.7 Å². The van der Waals surface area contributed by atoms with E-state index in [4.69, 9.17) is 4.98 Å². The minimum absolute atomic E-state index is 0.0885. The van der Waals surface area contributed by atoms with Crippen molar-refractivity contribution < 1.29 is 4.79 Å². The zero-order valence-corrected chi connectivity index (χ0v) is 17.4. The highest BCUT2D eigenvalue weighted by molar-refractivity contribution is 7.99. The van der Waals surface area contributed by atoms with Crippen molar-refractivity contribution >= 4 is 39.2 Å². The van der Waals surface area contributed by atoms with Crippen molar-refractivity contribution in [3.8, 4) is 11.1 Å². The summed E-state index contributed by atoms with van der Waals surface area (Å²) < 4.78 is 2.15. The summed E-state index contributed by atoms with van der Waals surface area (Å²) in [5.41, 5.74) is 3.61. The fourth-order valence-electron chi connectivity index (χ4n) is 2.95. The molecule has 0 aliphatic rings. The number of aromatic nitrogens is 2. The molecule has 0 unspecified atom stereocenters. The quantitative estimate of drug-likeness (QED) is 0.377. The lowest BCUT2D eigenvalue weighted by molar-refractivity contribution is -0.118. The Morgan fingerprint density at radius 3 is 2.52 bits per heavy atom. The molecule has 1 amide bonds. The van der Waals surface area contributed by atoms with Gasteiger partial charge in [0.05, 0.1) is 11.3 Å². The van der Waals surface area contributed by atoms with Crippen molar-refractivity contribution in [2.24, 2.45) is 7.05 Å². The highest BCUT2D eigenvalue weighted by Gasteiger charge is 2.16. The van der Waals surface area contributed by atoms with Crippen LogP contribution < -0.4 is 10.9 Å².